The van der Waals surface area contributed by atoms with Crippen LogP contribution in [0, 0.1) is 0 Å². The smallest absolute Gasteiger partial charge is 0.247 e. The summed E-state index contributed by atoms with van der Waals surface area (Å²) in [5.41, 5.74) is 10.2. The molecule has 6 heteroatoms. The molecule has 0 spiro atoms. The Balaban J connectivity index is 1.51. The van der Waals surface area contributed by atoms with Crippen LogP contribution in [0.3, 0.4) is 0 Å². The number of nitrogens with zero attached hydrogens (tertiary/aromatic N) is 2. The lowest BCUT2D eigenvalue weighted by atomic mass is 10.0. The minimum absolute atomic E-state index is 0.0114. The topological polar surface area (TPSA) is 77.2 Å². The summed E-state index contributed by atoms with van der Waals surface area (Å²) < 4.78 is 0. The Bertz CT molecular complexity index is 830. The zero-order chi connectivity index (χ0) is 17.2. The average Bonchev–Trinajstić information content (AvgIpc) is 3.11. The summed E-state index contributed by atoms with van der Waals surface area (Å²) in [5.74, 6) is 0.716. The Labute approximate surface area is 145 Å². The highest BCUT2D eigenvalue weighted by atomic mass is 17.2. The van der Waals surface area contributed by atoms with Crippen molar-refractivity contribution in [2.24, 2.45) is 5.10 Å². The molecule has 2 aliphatic rings. The van der Waals surface area contributed by atoms with Gasteiger partial charge in [-0.3, -0.25) is 4.79 Å². The van der Waals surface area contributed by atoms with Gasteiger partial charge >= 0.3 is 0 Å². The number of carbonyl (C=O) groups is 1. The van der Waals surface area contributed by atoms with Crippen molar-refractivity contribution in [2.75, 3.05) is 12.3 Å². The summed E-state index contributed by atoms with van der Waals surface area (Å²) >= 11 is 0. The number of benzene rings is 2. The van der Waals surface area contributed by atoms with E-state index in [1.54, 1.807) is 17.1 Å². The quantitative estimate of drug-likeness (QED) is 0.690. The summed E-state index contributed by atoms with van der Waals surface area (Å²) in [7, 11) is 0. The fraction of sp³-hybridized carbons (Fsp3) is 0.263. The molecule has 2 aliphatic heterocycles. The molecular weight excluding hydrogens is 318 g/mol. The van der Waals surface area contributed by atoms with Crippen molar-refractivity contribution in [1.82, 2.24) is 5.01 Å². The summed E-state index contributed by atoms with van der Waals surface area (Å²) in [6, 6.07) is 13.3. The lowest BCUT2D eigenvalue weighted by Crippen LogP contribution is -2.33. The summed E-state index contributed by atoms with van der Waals surface area (Å²) in [4.78, 5) is 22.7. The molecule has 0 fully saturated rings. The minimum Gasteiger partial charge on any atom is -0.399 e. The maximum atomic E-state index is 12.6. The van der Waals surface area contributed by atoms with E-state index in [2.05, 4.69) is 5.10 Å². The fourth-order valence-corrected chi connectivity index (χ4v) is 3.01. The van der Waals surface area contributed by atoms with Crippen LogP contribution in [-0.2, 0) is 22.7 Å². The van der Waals surface area contributed by atoms with Crippen molar-refractivity contribution in [1.29, 1.82) is 0 Å². The van der Waals surface area contributed by atoms with Crippen molar-refractivity contribution in [3.05, 3.63) is 59.2 Å². The van der Waals surface area contributed by atoms with Gasteiger partial charge in [-0.1, -0.05) is 24.3 Å². The summed E-state index contributed by atoms with van der Waals surface area (Å²) in [5, 5.41) is 6.14. The van der Waals surface area contributed by atoms with Crippen LogP contribution in [0.1, 0.15) is 29.5 Å². The lowest BCUT2D eigenvalue weighted by Gasteiger charge is -2.24. The second-order valence-corrected chi connectivity index (χ2v) is 6.25. The maximum Gasteiger partial charge on any atom is 0.247 e. The zero-order valence-electron chi connectivity index (χ0n) is 13.8. The molecule has 1 amide bonds. The van der Waals surface area contributed by atoms with Crippen LogP contribution >= 0.6 is 0 Å². The van der Waals surface area contributed by atoms with Gasteiger partial charge in [-0.2, -0.15) is 9.99 Å². The Kier molecular flexibility index (Phi) is 4.11. The van der Waals surface area contributed by atoms with Crippen LogP contribution in [0.15, 0.2) is 47.6 Å². The van der Waals surface area contributed by atoms with Crippen LogP contribution < -0.4 is 10.6 Å². The Morgan fingerprint density at radius 3 is 2.88 bits per heavy atom. The molecule has 2 aromatic carbocycles. The SMILES string of the molecule is Nc1ccc(CC(=O)N2CCCC(c3ccc4c(c3)OOC4)=N2)cc1. The third-order valence-electron chi connectivity index (χ3n) is 4.41. The second-order valence-electron chi connectivity index (χ2n) is 6.25. The monoisotopic (exact) mass is 337 g/mol. The first kappa shape index (κ1) is 15.7. The molecule has 2 aromatic rings. The highest BCUT2D eigenvalue weighted by molar-refractivity contribution is 6.02. The molecule has 0 unspecified atom stereocenters. The number of carbonyl (C=O) groups excluding carboxylic acids is 1. The molecule has 0 atom stereocenters. The van der Waals surface area contributed by atoms with Gasteiger partial charge < -0.3 is 10.6 Å². The van der Waals surface area contributed by atoms with E-state index >= 15 is 0 Å². The lowest BCUT2D eigenvalue weighted by molar-refractivity contribution is -0.194. The fourth-order valence-electron chi connectivity index (χ4n) is 3.01. The van der Waals surface area contributed by atoms with Gasteiger partial charge in [-0.05, 0) is 36.6 Å². The predicted octanol–water partition coefficient (Wildman–Crippen LogP) is 2.66. The van der Waals surface area contributed by atoms with E-state index in [1.165, 1.54) is 0 Å². The third kappa shape index (κ3) is 3.34. The first-order valence-electron chi connectivity index (χ1n) is 8.34. The highest BCUT2D eigenvalue weighted by Crippen LogP contribution is 2.28. The molecular formula is C19H19N3O3. The molecule has 2 heterocycles. The van der Waals surface area contributed by atoms with E-state index in [9.17, 15) is 4.79 Å². The normalized spacial score (nSPS) is 16.2. The van der Waals surface area contributed by atoms with Crippen molar-refractivity contribution >= 4 is 17.3 Å². The molecule has 128 valence electrons. The Morgan fingerprint density at radius 1 is 1.20 bits per heavy atom. The number of anilines is 1. The first-order valence-corrected chi connectivity index (χ1v) is 8.34. The number of fused-ring (bicyclic) bond motifs is 1. The predicted molar refractivity (Wildman–Crippen MR) is 93.9 cm³/mol. The number of hydrogen-bond acceptors (Lipinski definition) is 5. The van der Waals surface area contributed by atoms with Crippen molar-refractivity contribution in [2.45, 2.75) is 25.9 Å². The van der Waals surface area contributed by atoms with Gasteiger partial charge in [-0.25, -0.2) is 5.01 Å². The van der Waals surface area contributed by atoms with E-state index in [-0.39, 0.29) is 5.91 Å². The van der Waals surface area contributed by atoms with E-state index < -0.39 is 0 Å². The number of nitrogens with two attached hydrogens (primary N) is 1. The molecule has 0 aromatic heterocycles. The number of nitrogen functional groups attached to an aromatic ring is 1. The summed E-state index contributed by atoms with van der Waals surface area (Å²) in [6.07, 6.45) is 2.05. The Morgan fingerprint density at radius 2 is 2.04 bits per heavy atom. The zero-order valence-corrected chi connectivity index (χ0v) is 13.8. The number of hydrazone groups is 1. The molecule has 0 radical (unpaired) electrons. The van der Waals surface area contributed by atoms with Crippen molar-refractivity contribution in [3.63, 3.8) is 0 Å². The molecule has 0 aliphatic carbocycles. The van der Waals surface area contributed by atoms with Crippen molar-refractivity contribution in [3.8, 4) is 5.75 Å². The molecule has 4 rings (SSSR count). The summed E-state index contributed by atoms with van der Waals surface area (Å²) in [6.45, 7) is 1.11. The van der Waals surface area contributed by atoms with E-state index in [4.69, 9.17) is 15.5 Å². The largest absolute Gasteiger partial charge is 0.399 e. The first-order chi connectivity index (χ1) is 12.2. The van der Waals surface area contributed by atoms with Gasteiger partial charge in [0, 0.05) is 23.4 Å². The Hall–Kier alpha value is -2.86. The van der Waals surface area contributed by atoms with E-state index in [0.717, 1.165) is 41.0 Å². The maximum absolute atomic E-state index is 12.6. The van der Waals surface area contributed by atoms with E-state index in [0.29, 0.717) is 25.3 Å². The number of hydrogen-bond donors (Lipinski definition) is 1. The number of amides is 1. The molecule has 0 bridgehead atoms. The standard InChI is InChI=1S/C19H19N3O3/c20-16-7-3-13(4-8-16)10-19(23)22-9-1-2-17(21-22)14-5-6-15-12-24-25-18(15)11-14/h3-8,11H,1-2,9-10,12,20H2. The van der Waals surface area contributed by atoms with Gasteiger partial charge in [0.05, 0.1) is 12.1 Å². The molecule has 0 saturated heterocycles. The second kappa shape index (κ2) is 6.57. The third-order valence-corrected chi connectivity index (χ3v) is 4.41. The molecule has 6 nitrogen and oxygen atoms in total. The number of rotatable bonds is 3. The highest BCUT2D eigenvalue weighted by Gasteiger charge is 2.21. The average molecular weight is 337 g/mol. The van der Waals surface area contributed by atoms with E-state index in [1.807, 2.05) is 30.3 Å². The molecule has 2 N–H and O–H groups in total. The van der Waals surface area contributed by atoms with Gasteiger partial charge in [0.25, 0.3) is 0 Å². The van der Waals surface area contributed by atoms with Gasteiger partial charge in [0.15, 0.2) is 5.75 Å². The van der Waals surface area contributed by atoms with Gasteiger partial charge in [-0.15, -0.1) is 0 Å². The van der Waals surface area contributed by atoms with Crippen LogP contribution in [0.4, 0.5) is 5.69 Å². The van der Waals surface area contributed by atoms with Crippen LogP contribution in [0.5, 0.6) is 5.75 Å². The molecule has 25 heavy (non-hydrogen) atoms. The van der Waals surface area contributed by atoms with Crippen LogP contribution in [0.2, 0.25) is 0 Å². The van der Waals surface area contributed by atoms with Gasteiger partial charge in [0.2, 0.25) is 5.91 Å². The molecule has 0 saturated carbocycles. The van der Waals surface area contributed by atoms with Crippen LogP contribution in [-0.4, -0.2) is 23.2 Å². The van der Waals surface area contributed by atoms with Gasteiger partial charge in [0.1, 0.15) is 6.61 Å². The minimum atomic E-state index is -0.0114. The van der Waals surface area contributed by atoms with Crippen molar-refractivity contribution < 1.29 is 14.6 Å². The van der Waals surface area contributed by atoms with Crippen LogP contribution in [0.25, 0.3) is 0 Å².